The van der Waals surface area contributed by atoms with Crippen molar-refractivity contribution in [1.29, 1.82) is 0 Å². The second-order valence-electron chi connectivity index (χ2n) is 4.19. The lowest BCUT2D eigenvalue weighted by atomic mass is 10.1. The zero-order valence-electron chi connectivity index (χ0n) is 11.3. The van der Waals surface area contributed by atoms with Crippen molar-refractivity contribution in [2.24, 2.45) is 5.84 Å². The number of methoxy groups -OCH3 is 2. The van der Waals surface area contributed by atoms with Gasteiger partial charge in [0.2, 0.25) is 0 Å². The van der Waals surface area contributed by atoms with Crippen LogP contribution in [0.25, 0.3) is 0 Å². The molecule has 0 aromatic heterocycles. The summed E-state index contributed by atoms with van der Waals surface area (Å²) in [6, 6.07) is 7.39. The summed E-state index contributed by atoms with van der Waals surface area (Å²) in [5.74, 6) is 6.36. The van der Waals surface area contributed by atoms with E-state index in [0.717, 1.165) is 11.3 Å². The number of nitrogens with one attached hydrogen (secondary N) is 1. The molecule has 0 saturated carbocycles. The zero-order chi connectivity index (χ0) is 13.5. The molecule has 1 rings (SSSR count). The van der Waals surface area contributed by atoms with Crippen LogP contribution in [0.15, 0.2) is 24.3 Å². The molecule has 0 spiro atoms. The number of hydrazine groups is 1. The van der Waals surface area contributed by atoms with E-state index in [9.17, 15) is 0 Å². The molecule has 5 heteroatoms. The maximum atomic E-state index is 5.76. The first-order valence-electron chi connectivity index (χ1n) is 5.91. The molecule has 1 unspecified atom stereocenters. The van der Waals surface area contributed by atoms with E-state index < -0.39 is 6.29 Å². The number of hydrogen-bond acceptors (Lipinski definition) is 5. The summed E-state index contributed by atoms with van der Waals surface area (Å²) < 4.78 is 16.3. The van der Waals surface area contributed by atoms with Gasteiger partial charge < -0.3 is 14.2 Å². The fraction of sp³-hybridized carbons (Fsp3) is 0.538. The highest BCUT2D eigenvalue weighted by molar-refractivity contribution is 5.36. The minimum absolute atomic E-state index is 0.0908. The van der Waals surface area contributed by atoms with Gasteiger partial charge in [0, 0.05) is 19.8 Å². The molecule has 102 valence electrons. The van der Waals surface area contributed by atoms with E-state index in [-0.39, 0.29) is 12.1 Å². The number of para-hydroxylation sites is 1. The van der Waals surface area contributed by atoms with Gasteiger partial charge in [-0.3, -0.25) is 5.84 Å². The van der Waals surface area contributed by atoms with Crippen LogP contribution in [-0.4, -0.2) is 26.6 Å². The quantitative estimate of drug-likeness (QED) is 0.439. The van der Waals surface area contributed by atoms with E-state index in [1.54, 1.807) is 14.2 Å². The Kier molecular flexibility index (Phi) is 6.07. The van der Waals surface area contributed by atoms with Crippen LogP contribution in [0.4, 0.5) is 0 Å². The van der Waals surface area contributed by atoms with Crippen LogP contribution in [0.3, 0.4) is 0 Å². The van der Waals surface area contributed by atoms with Gasteiger partial charge in [-0.1, -0.05) is 18.2 Å². The number of rotatable bonds is 7. The highest BCUT2D eigenvalue weighted by atomic mass is 16.7. The van der Waals surface area contributed by atoms with Gasteiger partial charge in [0.05, 0.1) is 6.10 Å². The SMILES string of the molecule is COC(OC)C(NN)c1ccccc1OC(C)C. The van der Waals surface area contributed by atoms with Crippen LogP contribution in [0.5, 0.6) is 5.75 Å². The first kappa shape index (κ1) is 14.9. The number of hydrogen-bond donors (Lipinski definition) is 2. The highest BCUT2D eigenvalue weighted by Gasteiger charge is 2.24. The van der Waals surface area contributed by atoms with Crippen molar-refractivity contribution < 1.29 is 14.2 Å². The van der Waals surface area contributed by atoms with Crippen LogP contribution in [-0.2, 0) is 9.47 Å². The average Bonchev–Trinajstić information content (AvgIpc) is 2.36. The molecule has 5 nitrogen and oxygen atoms in total. The lowest BCUT2D eigenvalue weighted by molar-refractivity contribution is -0.124. The Balaban J connectivity index is 3.04. The van der Waals surface area contributed by atoms with Crippen molar-refractivity contribution >= 4 is 0 Å². The fourth-order valence-corrected chi connectivity index (χ4v) is 1.78. The Labute approximate surface area is 108 Å². The summed E-state index contributed by atoms with van der Waals surface area (Å²) in [5, 5.41) is 0. The van der Waals surface area contributed by atoms with Crippen LogP contribution >= 0.6 is 0 Å². The number of nitrogens with two attached hydrogens (primary N) is 1. The molecule has 18 heavy (non-hydrogen) atoms. The molecule has 0 aliphatic rings. The van der Waals surface area contributed by atoms with E-state index >= 15 is 0 Å². The van der Waals surface area contributed by atoms with Gasteiger partial charge in [0.1, 0.15) is 11.8 Å². The van der Waals surface area contributed by atoms with E-state index in [0.29, 0.717) is 0 Å². The third-order valence-corrected chi connectivity index (χ3v) is 2.53. The van der Waals surface area contributed by atoms with Gasteiger partial charge in [-0.15, -0.1) is 0 Å². The average molecular weight is 254 g/mol. The van der Waals surface area contributed by atoms with E-state index in [1.165, 1.54) is 0 Å². The minimum Gasteiger partial charge on any atom is -0.491 e. The van der Waals surface area contributed by atoms with Gasteiger partial charge in [-0.2, -0.15) is 0 Å². The molecular weight excluding hydrogens is 232 g/mol. The monoisotopic (exact) mass is 254 g/mol. The molecule has 0 heterocycles. The molecule has 1 atom stereocenters. The Morgan fingerprint density at radius 1 is 1.11 bits per heavy atom. The topological polar surface area (TPSA) is 65.7 Å². The summed E-state index contributed by atoms with van der Waals surface area (Å²) in [4.78, 5) is 0. The van der Waals surface area contributed by atoms with Crippen LogP contribution < -0.4 is 16.0 Å². The first-order chi connectivity index (χ1) is 8.63. The standard InChI is InChI=1S/C13H22N2O3/c1-9(2)18-11-8-6-5-7-10(11)12(15-14)13(16-3)17-4/h5-9,12-13,15H,14H2,1-4H3. The molecule has 0 radical (unpaired) electrons. The van der Waals surface area contributed by atoms with Gasteiger partial charge in [-0.05, 0) is 19.9 Å². The zero-order valence-corrected chi connectivity index (χ0v) is 11.3. The van der Waals surface area contributed by atoms with Crippen molar-refractivity contribution in [1.82, 2.24) is 5.43 Å². The summed E-state index contributed by atoms with van der Waals surface area (Å²) >= 11 is 0. The number of benzene rings is 1. The van der Waals surface area contributed by atoms with Crippen molar-refractivity contribution in [2.45, 2.75) is 32.3 Å². The minimum atomic E-state index is -0.480. The van der Waals surface area contributed by atoms with Gasteiger partial charge in [0.15, 0.2) is 6.29 Å². The lowest BCUT2D eigenvalue weighted by Gasteiger charge is -2.26. The molecule has 1 aromatic carbocycles. The summed E-state index contributed by atoms with van der Waals surface area (Å²) in [6.45, 7) is 3.96. The third-order valence-electron chi connectivity index (χ3n) is 2.53. The van der Waals surface area contributed by atoms with E-state index in [2.05, 4.69) is 5.43 Å². The summed E-state index contributed by atoms with van der Waals surface area (Å²) in [6.07, 6.45) is -0.389. The van der Waals surface area contributed by atoms with Gasteiger partial charge >= 0.3 is 0 Å². The predicted molar refractivity (Wildman–Crippen MR) is 70.1 cm³/mol. The number of ether oxygens (including phenoxy) is 3. The Morgan fingerprint density at radius 3 is 2.22 bits per heavy atom. The van der Waals surface area contributed by atoms with Crippen molar-refractivity contribution in [3.8, 4) is 5.75 Å². The van der Waals surface area contributed by atoms with E-state index in [4.69, 9.17) is 20.1 Å². The molecule has 0 saturated heterocycles. The van der Waals surface area contributed by atoms with Gasteiger partial charge in [-0.25, -0.2) is 5.43 Å². The lowest BCUT2D eigenvalue weighted by Crippen LogP contribution is -2.38. The maximum absolute atomic E-state index is 5.76. The molecule has 0 aliphatic carbocycles. The highest BCUT2D eigenvalue weighted by Crippen LogP contribution is 2.28. The van der Waals surface area contributed by atoms with Crippen molar-refractivity contribution in [2.75, 3.05) is 14.2 Å². The Bertz CT molecular complexity index is 354. The van der Waals surface area contributed by atoms with Crippen molar-refractivity contribution in [3.63, 3.8) is 0 Å². The summed E-state index contributed by atoms with van der Waals surface area (Å²) in [5.41, 5.74) is 3.61. The maximum Gasteiger partial charge on any atom is 0.177 e. The predicted octanol–water partition coefficient (Wildman–Crippen LogP) is 1.60. The second-order valence-corrected chi connectivity index (χ2v) is 4.19. The fourth-order valence-electron chi connectivity index (χ4n) is 1.78. The van der Waals surface area contributed by atoms with Crippen molar-refractivity contribution in [3.05, 3.63) is 29.8 Å². The molecule has 0 bridgehead atoms. The van der Waals surface area contributed by atoms with Crippen LogP contribution in [0.1, 0.15) is 25.5 Å². The molecular formula is C13H22N2O3. The summed E-state index contributed by atoms with van der Waals surface area (Å²) in [7, 11) is 3.15. The van der Waals surface area contributed by atoms with Gasteiger partial charge in [0.25, 0.3) is 0 Å². The van der Waals surface area contributed by atoms with Crippen LogP contribution in [0.2, 0.25) is 0 Å². The van der Waals surface area contributed by atoms with E-state index in [1.807, 2.05) is 38.1 Å². The Morgan fingerprint density at radius 2 is 1.72 bits per heavy atom. The normalized spacial score (nSPS) is 13.1. The molecule has 1 aromatic rings. The molecule has 0 fully saturated rings. The second kappa shape index (κ2) is 7.33. The largest absolute Gasteiger partial charge is 0.491 e. The van der Waals surface area contributed by atoms with Crippen LogP contribution in [0, 0.1) is 0 Å². The molecule has 3 N–H and O–H groups in total. The molecule has 0 amide bonds. The smallest absolute Gasteiger partial charge is 0.177 e. The third kappa shape index (κ3) is 3.68. The Hall–Kier alpha value is -1.14. The first-order valence-corrected chi connectivity index (χ1v) is 5.91. The molecule has 0 aliphatic heterocycles.